The third kappa shape index (κ3) is 50.2. The molecule has 0 heterocycles. The first-order valence-corrected chi connectivity index (χ1v) is 26.8. The van der Waals surface area contributed by atoms with Gasteiger partial charge in [-0.05, 0) is 77.0 Å². The van der Waals surface area contributed by atoms with Gasteiger partial charge in [-0.25, -0.2) is 0 Å². The molecule has 0 aliphatic heterocycles. The van der Waals surface area contributed by atoms with Crippen LogP contribution in [0, 0.1) is 0 Å². The second-order valence-corrected chi connectivity index (χ2v) is 17.8. The minimum absolute atomic E-state index is 0.0644. The van der Waals surface area contributed by atoms with E-state index in [4.69, 9.17) is 14.2 Å². The molecule has 5 heteroatoms. The van der Waals surface area contributed by atoms with Crippen LogP contribution in [0.1, 0.15) is 265 Å². The maximum absolute atomic E-state index is 12.8. The van der Waals surface area contributed by atoms with Crippen LogP contribution in [-0.4, -0.2) is 37.9 Å². The summed E-state index contributed by atoms with van der Waals surface area (Å²) in [5.74, 6) is -0.420. The number of ether oxygens (including phenoxy) is 3. The second kappa shape index (κ2) is 52.9. The molecule has 5 nitrogen and oxygen atoms in total. The van der Waals surface area contributed by atoms with Gasteiger partial charge in [-0.3, -0.25) is 9.59 Å². The Kier molecular flexibility index (Phi) is 50.9. The monoisotopic (exact) mass is 867 g/mol. The zero-order valence-corrected chi connectivity index (χ0v) is 41.4. The van der Waals surface area contributed by atoms with Gasteiger partial charge in [0.25, 0.3) is 0 Å². The van der Waals surface area contributed by atoms with E-state index in [0.717, 1.165) is 64.2 Å². The molecule has 1 atom stereocenters. The Balaban J connectivity index is 4.28. The number of hydrogen-bond acceptors (Lipinski definition) is 5. The van der Waals surface area contributed by atoms with Crippen LogP contribution in [0.5, 0.6) is 0 Å². The van der Waals surface area contributed by atoms with Crippen molar-refractivity contribution in [2.75, 3.05) is 19.8 Å². The number of carbonyl (C=O) groups excluding carboxylic acids is 2. The molecule has 62 heavy (non-hydrogen) atoms. The van der Waals surface area contributed by atoms with E-state index < -0.39 is 6.10 Å². The van der Waals surface area contributed by atoms with Gasteiger partial charge in [0.2, 0.25) is 0 Å². The van der Waals surface area contributed by atoms with Gasteiger partial charge < -0.3 is 14.2 Å². The van der Waals surface area contributed by atoms with E-state index in [9.17, 15) is 9.59 Å². The van der Waals surface area contributed by atoms with E-state index >= 15 is 0 Å². The van der Waals surface area contributed by atoms with Crippen molar-refractivity contribution in [3.63, 3.8) is 0 Å². The Morgan fingerprint density at radius 1 is 0.371 bits per heavy atom. The van der Waals surface area contributed by atoms with Gasteiger partial charge in [-0.1, -0.05) is 236 Å². The molecular weight excluding hydrogens is 765 g/mol. The van der Waals surface area contributed by atoms with Gasteiger partial charge in [0, 0.05) is 19.4 Å². The highest BCUT2D eigenvalue weighted by atomic mass is 16.6. The number of rotatable bonds is 49. The molecule has 0 aliphatic rings. The van der Waals surface area contributed by atoms with E-state index in [1.165, 1.54) is 167 Å². The lowest BCUT2D eigenvalue weighted by molar-refractivity contribution is -0.163. The van der Waals surface area contributed by atoms with E-state index in [-0.39, 0.29) is 25.2 Å². The minimum Gasteiger partial charge on any atom is -0.462 e. The van der Waals surface area contributed by atoms with Crippen molar-refractivity contribution < 1.29 is 23.8 Å². The predicted octanol–water partition coefficient (Wildman–Crippen LogP) is 18.1. The number of hydrogen-bond donors (Lipinski definition) is 0. The smallest absolute Gasteiger partial charge is 0.306 e. The molecule has 0 radical (unpaired) electrons. The highest BCUT2D eigenvalue weighted by Gasteiger charge is 2.17. The van der Waals surface area contributed by atoms with Crippen LogP contribution in [0.2, 0.25) is 0 Å². The second-order valence-electron chi connectivity index (χ2n) is 17.8. The van der Waals surface area contributed by atoms with E-state index in [1.807, 2.05) is 0 Å². The van der Waals surface area contributed by atoms with Gasteiger partial charge in [0.15, 0.2) is 6.10 Å². The number of unbranched alkanes of at least 4 members (excludes halogenated alkanes) is 28. The van der Waals surface area contributed by atoms with Crippen LogP contribution in [0.3, 0.4) is 0 Å². The van der Waals surface area contributed by atoms with E-state index in [0.29, 0.717) is 19.4 Å². The lowest BCUT2D eigenvalue weighted by Gasteiger charge is -2.18. The summed E-state index contributed by atoms with van der Waals surface area (Å²) in [4.78, 5) is 25.4. The molecule has 0 aromatic carbocycles. The Hall–Kier alpha value is -2.40. The van der Waals surface area contributed by atoms with Crippen LogP contribution in [0.25, 0.3) is 0 Å². The fraction of sp³-hybridized carbons (Fsp3) is 0.789. The van der Waals surface area contributed by atoms with Crippen LogP contribution in [0.4, 0.5) is 0 Å². The first-order chi connectivity index (χ1) is 30.6. The lowest BCUT2D eigenvalue weighted by atomic mass is 10.0. The van der Waals surface area contributed by atoms with Gasteiger partial charge in [0.05, 0.1) is 6.61 Å². The summed E-state index contributed by atoms with van der Waals surface area (Å²) in [5.41, 5.74) is 0. The van der Waals surface area contributed by atoms with Gasteiger partial charge in [-0.2, -0.15) is 0 Å². The first kappa shape index (κ1) is 59.6. The van der Waals surface area contributed by atoms with Crippen LogP contribution in [0.15, 0.2) is 60.8 Å². The van der Waals surface area contributed by atoms with Crippen LogP contribution >= 0.6 is 0 Å². The standard InChI is InChI=1S/C57H102O5/c1-4-7-10-13-16-19-22-25-27-28-29-30-31-33-35-38-41-44-47-50-56(58)61-54-55(53-60-52-49-46-43-40-37-34-26-23-20-17-14-11-8-5-2)62-57(59)51-48-45-42-39-36-32-24-21-18-15-12-9-6-3/h8,11,17,20,25-27,34,40,43,55H,4-7,9-10,12-16,18-19,21-24,28-33,35-39,41-42,44-54H2,1-3H3/b11-8-,20-17-,27-25-,34-26-,43-40-. The van der Waals surface area contributed by atoms with Gasteiger partial charge in [0.1, 0.15) is 6.61 Å². The fourth-order valence-electron chi connectivity index (χ4n) is 7.57. The zero-order chi connectivity index (χ0) is 44.9. The molecule has 0 N–H and O–H groups in total. The molecule has 0 fully saturated rings. The molecule has 0 amide bonds. The molecule has 0 spiro atoms. The summed E-state index contributed by atoms with van der Waals surface area (Å²) in [7, 11) is 0. The fourth-order valence-corrected chi connectivity index (χ4v) is 7.57. The number of esters is 2. The molecule has 360 valence electrons. The molecular formula is C57H102O5. The normalized spacial score (nSPS) is 12.6. The predicted molar refractivity (Wildman–Crippen MR) is 270 cm³/mol. The maximum Gasteiger partial charge on any atom is 0.306 e. The molecule has 0 saturated carbocycles. The third-order valence-electron chi connectivity index (χ3n) is 11.5. The van der Waals surface area contributed by atoms with Crippen molar-refractivity contribution in [3.05, 3.63) is 60.8 Å². The lowest BCUT2D eigenvalue weighted by Crippen LogP contribution is -2.30. The van der Waals surface area contributed by atoms with E-state index in [2.05, 4.69) is 81.5 Å². The Bertz CT molecular complexity index is 1070. The summed E-state index contributed by atoms with van der Waals surface area (Å²) < 4.78 is 17.4. The van der Waals surface area contributed by atoms with E-state index in [1.54, 1.807) is 0 Å². The highest BCUT2D eigenvalue weighted by molar-refractivity contribution is 5.70. The van der Waals surface area contributed by atoms with Crippen molar-refractivity contribution in [1.29, 1.82) is 0 Å². The number of carbonyl (C=O) groups is 2. The third-order valence-corrected chi connectivity index (χ3v) is 11.5. The summed E-state index contributed by atoms with van der Waals surface area (Å²) in [6.45, 7) is 7.60. The Labute approximate surface area is 385 Å². The number of allylic oxidation sites excluding steroid dienone is 10. The summed E-state index contributed by atoms with van der Waals surface area (Å²) in [6.07, 6.45) is 66.7. The van der Waals surface area contributed by atoms with Crippen molar-refractivity contribution in [1.82, 2.24) is 0 Å². The van der Waals surface area contributed by atoms with Gasteiger partial charge in [-0.15, -0.1) is 0 Å². The average molecular weight is 867 g/mol. The van der Waals surface area contributed by atoms with Crippen LogP contribution < -0.4 is 0 Å². The molecule has 0 aromatic rings. The summed E-state index contributed by atoms with van der Waals surface area (Å²) in [5, 5.41) is 0. The molecule has 0 saturated heterocycles. The van der Waals surface area contributed by atoms with Gasteiger partial charge >= 0.3 is 11.9 Å². The van der Waals surface area contributed by atoms with Crippen molar-refractivity contribution >= 4 is 11.9 Å². The molecule has 0 rings (SSSR count). The SMILES string of the molecule is CC/C=C\C/C=C\C/C=C\C/C=C\CCCOCC(COC(=O)CCCCCCCCCCC/C=C\CCCCCCCC)OC(=O)CCCCCCCCCCCCCCC. The Morgan fingerprint density at radius 3 is 1.18 bits per heavy atom. The molecule has 1 unspecified atom stereocenters. The zero-order valence-electron chi connectivity index (χ0n) is 41.4. The molecule has 0 aliphatic carbocycles. The topological polar surface area (TPSA) is 61.8 Å². The van der Waals surface area contributed by atoms with Crippen LogP contribution in [-0.2, 0) is 23.8 Å². The van der Waals surface area contributed by atoms with Crippen molar-refractivity contribution in [2.45, 2.75) is 271 Å². The largest absolute Gasteiger partial charge is 0.462 e. The maximum atomic E-state index is 12.8. The van der Waals surface area contributed by atoms with Crippen molar-refractivity contribution in [2.24, 2.45) is 0 Å². The summed E-state index contributed by atoms with van der Waals surface area (Å²) in [6, 6.07) is 0. The molecule has 0 aromatic heterocycles. The highest BCUT2D eigenvalue weighted by Crippen LogP contribution is 2.15. The summed E-state index contributed by atoms with van der Waals surface area (Å²) >= 11 is 0. The molecule has 0 bridgehead atoms. The average Bonchev–Trinajstić information content (AvgIpc) is 3.27. The Morgan fingerprint density at radius 2 is 0.726 bits per heavy atom. The quantitative estimate of drug-likeness (QED) is 0.0346. The minimum atomic E-state index is -0.563. The first-order valence-electron chi connectivity index (χ1n) is 26.8. The van der Waals surface area contributed by atoms with Crippen molar-refractivity contribution in [3.8, 4) is 0 Å².